The molecule has 3 rings (SSSR count). The molecule has 1 fully saturated rings. The summed E-state index contributed by atoms with van der Waals surface area (Å²) >= 11 is 0. The largest absolute Gasteiger partial charge is 0.491 e. The Morgan fingerprint density at radius 3 is 2.86 bits per heavy atom. The van der Waals surface area contributed by atoms with Crippen LogP contribution in [-0.4, -0.2) is 30.7 Å². The smallest absolute Gasteiger partial charge is 0.124 e. The zero-order valence-corrected chi connectivity index (χ0v) is 13.2. The van der Waals surface area contributed by atoms with Crippen molar-refractivity contribution in [2.75, 3.05) is 24.5 Å². The number of pyridine rings is 1. The Hall–Kier alpha value is -2.07. The first kappa shape index (κ1) is 14.9. The fourth-order valence-electron chi connectivity index (χ4n) is 2.86. The van der Waals surface area contributed by atoms with Crippen LogP contribution in [0.3, 0.4) is 0 Å². The fourth-order valence-corrected chi connectivity index (χ4v) is 2.86. The third-order valence-electron chi connectivity index (χ3n) is 3.84. The molecule has 1 saturated heterocycles. The molecule has 22 heavy (non-hydrogen) atoms. The van der Waals surface area contributed by atoms with Gasteiger partial charge in [-0.3, -0.25) is 4.98 Å². The summed E-state index contributed by atoms with van der Waals surface area (Å²) in [6, 6.07) is 12.7. The lowest BCUT2D eigenvalue weighted by molar-refractivity contribution is 0.237. The van der Waals surface area contributed by atoms with Crippen molar-refractivity contribution in [2.24, 2.45) is 0 Å². The highest BCUT2D eigenvalue weighted by Gasteiger charge is 2.23. The quantitative estimate of drug-likeness (QED) is 0.941. The van der Waals surface area contributed by atoms with Gasteiger partial charge in [0, 0.05) is 31.4 Å². The Morgan fingerprint density at radius 1 is 1.23 bits per heavy atom. The molecule has 4 heteroatoms. The van der Waals surface area contributed by atoms with Crippen molar-refractivity contribution in [2.45, 2.75) is 26.0 Å². The molecule has 2 heterocycles. The molecule has 1 aliphatic rings. The van der Waals surface area contributed by atoms with Gasteiger partial charge in [-0.05, 0) is 32.0 Å². The minimum absolute atomic E-state index is 0.180. The predicted molar refractivity (Wildman–Crippen MR) is 89.4 cm³/mol. The highest BCUT2D eigenvalue weighted by Crippen LogP contribution is 2.29. The van der Waals surface area contributed by atoms with Gasteiger partial charge in [0.25, 0.3) is 0 Å². The van der Waals surface area contributed by atoms with Crippen molar-refractivity contribution in [1.82, 2.24) is 10.3 Å². The number of hydrogen-bond donors (Lipinski definition) is 1. The van der Waals surface area contributed by atoms with Gasteiger partial charge in [-0.1, -0.05) is 18.2 Å². The van der Waals surface area contributed by atoms with Crippen LogP contribution in [0.25, 0.3) is 0 Å². The maximum atomic E-state index is 5.97. The molecular formula is C18H23N3O. The van der Waals surface area contributed by atoms with Gasteiger partial charge in [-0.15, -0.1) is 0 Å². The SMILES string of the molecule is CC(C)Oc1ccccc1[C@@H]1CN(c2cccnc2)CCN1. The number of rotatable bonds is 4. The zero-order chi connectivity index (χ0) is 15.4. The maximum Gasteiger partial charge on any atom is 0.124 e. The van der Waals surface area contributed by atoms with Crippen LogP contribution in [0, 0.1) is 0 Å². The number of nitrogens with one attached hydrogen (secondary N) is 1. The second kappa shape index (κ2) is 6.79. The lowest BCUT2D eigenvalue weighted by Gasteiger charge is -2.36. The average Bonchev–Trinajstić information content (AvgIpc) is 2.56. The second-order valence-corrected chi connectivity index (χ2v) is 5.87. The molecule has 1 atom stereocenters. The molecule has 0 radical (unpaired) electrons. The van der Waals surface area contributed by atoms with Crippen LogP contribution >= 0.6 is 0 Å². The van der Waals surface area contributed by atoms with E-state index in [4.69, 9.17) is 4.74 Å². The monoisotopic (exact) mass is 297 g/mol. The number of para-hydroxylation sites is 1. The number of anilines is 1. The lowest BCUT2D eigenvalue weighted by atomic mass is 10.0. The molecule has 2 aromatic rings. The minimum Gasteiger partial charge on any atom is -0.491 e. The second-order valence-electron chi connectivity index (χ2n) is 5.87. The summed E-state index contributed by atoms with van der Waals surface area (Å²) in [6.45, 7) is 7.00. The first-order chi connectivity index (χ1) is 10.7. The predicted octanol–water partition coefficient (Wildman–Crippen LogP) is 3.02. The highest BCUT2D eigenvalue weighted by atomic mass is 16.5. The first-order valence-corrected chi connectivity index (χ1v) is 7.88. The molecule has 0 unspecified atom stereocenters. The van der Waals surface area contributed by atoms with Crippen molar-refractivity contribution in [1.29, 1.82) is 0 Å². The van der Waals surface area contributed by atoms with E-state index in [0.29, 0.717) is 0 Å². The van der Waals surface area contributed by atoms with Gasteiger partial charge in [0.2, 0.25) is 0 Å². The lowest BCUT2D eigenvalue weighted by Crippen LogP contribution is -2.46. The molecule has 0 aliphatic carbocycles. The van der Waals surface area contributed by atoms with E-state index < -0.39 is 0 Å². The summed E-state index contributed by atoms with van der Waals surface area (Å²) in [5.41, 5.74) is 2.40. The van der Waals surface area contributed by atoms with Crippen LogP contribution in [0.5, 0.6) is 5.75 Å². The molecule has 1 aromatic heterocycles. The number of nitrogens with zero attached hydrogens (tertiary/aromatic N) is 2. The topological polar surface area (TPSA) is 37.4 Å². The Morgan fingerprint density at radius 2 is 2.09 bits per heavy atom. The van der Waals surface area contributed by atoms with Crippen LogP contribution in [-0.2, 0) is 0 Å². The van der Waals surface area contributed by atoms with Gasteiger partial charge in [0.1, 0.15) is 5.75 Å². The molecule has 0 bridgehead atoms. The molecule has 1 N–H and O–H groups in total. The van der Waals surface area contributed by atoms with Crippen molar-refractivity contribution in [3.63, 3.8) is 0 Å². The van der Waals surface area contributed by atoms with Gasteiger partial charge in [0.15, 0.2) is 0 Å². The van der Waals surface area contributed by atoms with Gasteiger partial charge in [-0.25, -0.2) is 0 Å². The van der Waals surface area contributed by atoms with Crippen LogP contribution in [0.2, 0.25) is 0 Å². The number of benzene rings is 1. The van der Waals surface area contributed by atoms with Crippen LogP contribution in [0.4, 0.5) is 5.69 Å². The van der Waals surface area contributed by atoms with Crippen molar-refractivity contribution < 1.29 is 4.74 Å². The average molecular weight is 297 g/mol. The van der Waals surface area contributed by atoms with E-state index in [2.05, 4.69) is 53.3 Å². The molecular weight excluding hydrogens is 274 g/mol. The van der Waals surface area contributed by atoms with E-state index in [0.717, 1.165) is 25.4 Å². The van der Waals surface area contributed by atoms with E-state index in [9.17, 15) is 0 Å². The van der Waals surface area contributed by atoms with E-state index in [1.807, 2.05) is 24.5 Å². The van der Waals surface area contributed by atoms with Crippen LogP contribution in [0.1, 0.15) is 25.5 Å². The summed E-state index contributed by atoms with van der Waals surface area (Å²) in [7, 11) is 0. The summed E-state index contributed by atoms with van der Waals surface area (Å²) < 4.78 is 5.97. The van der Waals surface area contributed by atoms with Crippen molar-refractivity contribution in [3.8, 4) is 5.75 Å². The number of piperazine rings is 1. The summed E-state index contributed by atoms with van der Waals surface area (Å²) in [5.74, 6) is 0.975. The Balaban J connectivity index is 1.80. The molecule has 116 valence electrons. The molecule has 1 aliphatic heterocycles. The summed E-state index contributed by atoms with van der Waals surface area (Å²) in [4.78, 5) is 6.60. The summed E-state index contributed by atoms with van der Waals surface area (Å²) in [5, 5.41) is 3.61. The highest BCUT2D eigenvalue weighted by molar-refractivity contribution is 5.46. The Kier molecular flexibility index (Phi) is 4.59. The number of aromatic nitrogens is 1. The standard InChI is InChI=1S/C18H23N3O/c1-14(2)22-18-8-4-3-7-16(18)17-13-21(11-10-20-17)15-6-5-9-19-12-15/h3-9,12,14,17,20H,10-11,13H2,1-2H3/t17-/m0/s1. The van der Waals surface area contributed by atoms with Gasteiger partial charge in [0.05, 0.1) is 24.0 Å². The zero-order valence-electron chi connectivity index (χ0n) is 13.2. The Labute approximate surface area is 132 Å². The molecule has 1 aromatic carbocycles. The molecule has 0 saturated carbocycles. The van der Waals surface area contributed by atoms with Gasteiger partial charge >= 0.3 is 0 Å². The number of hydrogen-bond acceptors (Lipinski definition) is 4. The van der Waals surface area contributed by atoms with Gasteiger partial charge in [-0.2, -0.15) is 0 Å². The first-order valence-electron chi connectivity index (χ1n) is 7.88. The Bertz CT molecular complexity index is 600. The number of ether oxygens (including phenoxy) is 1. The molecule has 4 nitrogen and oxygen atoms in total. The summed E-state index contributed by atoms with van der Waals surface area (Å²) in [6.07, 6.45) is 3.92. The van der Waals surface area contributed by atoms with Crippen molar-refractivity contribution >= 4 is 5.69 Å². The fraction of sp³-hybridized carbons (Fsp3) is 0.389. The molecule has 0 spiro atoms. The molecule has 0 amide bonds. The van der Waals surface area contributed by atoms with E-state index in [1.54, 1.807) is 0 Å². The van der Waals surface area contributed by atoms with Crippen LogP contribution < -0.4 is 15.0 Å². The van der Waals surface area contributed by atoms with E-state index in [1.165, 1.54) is 11.3 Å². The van der Waals surface area contributed by atoms with E-state index >= 15 is 0 Å². The van der Waals surface area contributed by atoms with Crippen LogP contribution in [0.15, 0.2) is 48.8 Å². The minimum atomic E-state index is 0.180. The third-order valence-corrected chi connectivity index (χ3v) is 3.84. The van der Waals surface area contributed by atoms with E-state index in [-0.39, 0.29) is 12.1 Å². The third kappa shape index (κ3) is 3.39. The normalized spacial score (nSPS) is 18.5. The maximum absolute atomic E-state index is 5.97. The van der Waals surface area contributed by atoms with Crippen molar-refractivity contribution in [3.05, 3.63) is 54.4 Å². The van der Waals surface area contributed by atoms with Gasteiger partial charge < -0.3 is 15.0 Å².